The van der Waals surface area contributed by atoms with Crippen LogP contribution in [0.1, 0.15) is 45.1 Å². The van der Waals surface area contributed by atoms with Crippen LogP contribution in [0, 0.1) is 5.41 Å². The number of carbonyl (C=O) groups excluding carboxylic acids is 1. The highest BCUT2D eigenvalue weighted by Crippen LogP contribution is 2.46. The van der Waals surface area contributed by atoms with Gasteiger partial charge in [0.2, 0.25) is 5.91 Å². The van der Waals surface area contributed by atoms with E-state index < -0.39 is 16.6 Å². The molecule has 144 valence electrons. The molecule has 1 unspecified atom stereocenters. The summed E-state index contributed by atoms with van der Waals surface area (Å²) in [7, 11) is 0. The molecule has 0 saturated carbocycles. The van der Waals surface area contributed by atoms with E-state index in [0.29, 0.717) is 57.0 Å². The highest BCUT2D eigenvalue weighted by Gasteiger charge is 2.50. The van der Waals surface area contributed by atoms with Crippen molar-refractivity contribution in [2.45, 2.75) is 50.7 Å². The Kier molecular flexibility index (Phi) is 5.37. The van der Waals surface area contributed by atoms with Crippen LogP contribution >= 0.6 is 11.6 Å². The van der Waals surface area contributed by atoms with Crippen molar-refractivity contribution in [3.63, 3.8) is 0 Å². The SMILES string of the molecule is CC1(C)CN(C(=O)CC2(N)CCOCC2)CCC1(O)c1ccc(Cl)cc1. The summed E-state index contributed by atoms with van der Waals surface area (Å²) < 4.78 is 5.36. The molecule has 2 saturated heterocycles. The molecule has 1 amide bonds. The van der Waals surface area contributed by atoms with Crippen LogP contribution < -0.4 is 5.73 Å². The second-order valence-corrected chi connectivity index (χ2v) is 8.90. The molecule has 2 aliphatic heterocycles. The molecule has 0 aliphatic carbocycles. The molecule has 0 aromatic heterocycles. The molecule has 5 nitrogen and oxygen atoms in total. The topological polar surface area (TPSA) is 75.8 Å². The van der Waals surface area contributed by atoms with Gasteiger partial charge in [0.25, 0.3) is 0 Å². The standard InChI is InChI=1S/C20H29ClN2O3/c1-18(2)14-23(17(24)13-19(22)8-11-26-12-9-19)10-7-20(18,25)15-3-5-16(21)6-4-15/h3-6,25H,7-14,22H2,1-2H3. The zero-order valence-corrected chi connectivity index (χ0v) is 16.4. The smallest absolute Gasteiger partial charge is 0.224 e. The van der Waals surface area contributed by atoms with Gasteiger partial charge in [-0.1, -0.05) is 37.6 Å². The maximum Gasteiger partial charge on any atom is 0.224 e. The molecule has 0 radical (unpaired) electrons. The van der Waals surface area contributed by atoms with E-state index in [2.05, 4.69) is 0 Å². The number of likely N-dealkylation sites (tertiary alicyclic amines) is 1. The lowest BCUT2D eigenvalue weighted by Crippen LogP contribution is -2.58. The van der Waals surface area contributed by atoms with E-state index in [9.17, 15) is 9.90 Å². The van der Waals surface area contributed by atoms with Gasteiger partial charge in [0, 0.05) is 48.7 Å². The van der Waals surface area contributed by atoms with Crippen LogP contribution in [0.2, 0.25) is 5.02 Å². The van der Waals surface area contributed by atoms with Crippen LogP contribution in [0.15, 0.2) is 24.3 Å². The largest absolute Gasteiger partial charge is 0.384 e. The highest BCUT2D eigenvalue weighted by atomic mass is 35.5. The number of amides is 1. The summed E-state index contributed by atoms with van der Waals surface area (Å²) in [6.07, 6.45) is 2.26. The molecule has 2 heterocycles. The maximum atomic E-state index is 12.9. The second kappa shape index (κ2) is 7.12. The first-order chi connectivity index (χ1) is 12.2. The van der Waals surface area contributed by atoms with Crippen molar-refractivity contribution in [2.75, 3.05) is 26.3 Å². The molecular weight excluding hydrogens is 352 g/mol. The fourth-order valence-electron chi connectivity index (χ4n) is 4.16. The van der Waals surface area contributed by atoms with E-state index in [1.54, 1.807) is 12.1 Å². The van der Waals surface area contributed by atoms with Gasteiger partial charge in [0.05, 0.1) is 5.60 Å². The van der Waals surface area contributed by atoms with Gasteiger partial charge in [-0.2, -0.15) is 0 Å². The molecule has 0 spiro atoms. The molecule has 6 heteroatoms. The van der Waals surface area contributed by atoms with Gasteiger partial charge in [-0.25, -0.2) is 0 Å². The van der Waals surface area contributed by atoms with Gasteiger partial charge >= 0.3 is 0 Å². The Morgan fingerprint density at radius 3 is 2.42 bits per heavy atom. The molecule has 3 N–H and O–H groups in total. The number of rotatable bonds is 3. The van der Waals surface area contributed by atoms with Gasteiger partial charge in [0.15, 0.2) is 0 Å². The lowest BCUT2D eigenvalue weighted by Gasteiger charge is -2.51. The van der Waals surface area contributed by atoms with E-state index >= 15 is 0 Å². The summed E-state index contributed by atoms with van der Waals surface area (Å²) in [5.41, 5.74) is 5.31. The third-order valence-electron chi connectivity index (χ3n) is 6.12. The fourth-order valence-corrected chi connectivity index (χ4v) is 4.29. The van der Waals surface area contributed by atoms with Crippen LogP contribution in [0.5, 0.6) is 0 Å². The van der Waals surface area contributed by atoms with Gasteiger partial charge < -0.3 is 20.5 Å². The molecular formula is C20H29ClN2O3. The average Bonchev–Trinajstić information content (AvgIpc) is 2.58. The van der Waals surface area contributed by atoms with E-state index in [4.69, 9.17) is 22.1 Å². The summed E-state index contributed by atoms with van der Waals surface area (Å²) in [6, 6.07) is 7.34. The molecule has 2 aliphatic rings. The average molecular weight is 381 g/mol. The summed E-state index contributed by atoms with van der Waals surface area (Å²) in [6.45, 7) is 6.27. The number of benzene rings is 1. The van der Waals surface area contributed by atoms with Crippen LogP contribution in [0.3, 0.4) is 0 Å². The lowest BCUT2D eigenvalue weighted by atomic mass is 9.66. The molecule has 26 heavy (non-hydrogen) atoms. The molecule has 3 rings (SSSR count). The van der Waals surface area contributed by atoms with Gasteiger partial charge in [0.1, 0.15) is 0 Å². The van der Waals surface area contributed by atoms with E-state index in [-0.39, 0.29) is 5.91 Å². The molecule has 1 aromatic carbocycles. The number of carbonyl (C=O) groups is 1. The van der Waals surface area contributed by atoms with Crippen molar-refractivity contribution in [3.05, 3.63) is 34.9 Å². The first-order valence-electron chi connectivity index (χ1n) is 9.28. The Morgan fingerprint density at radius 1 is 1.23 bits per heavy atom. The monoisotopic (exact) mass is 380 g/mol. The number of aliphatic hydroxyl groups is 1. The van der Waals surface area contributed by atoms with Crippen molar-refractivity contribution in [1.29, 1.82) is 0 Å². The van der Waals surface area contributed by atoms with Crippen LogP contribution in [0.25, 0.3) is 0 Å². The third-order valence-corrected chi connectivity index (χ3v) is 6.37. The maximum absolute atomic E-state index is 12.9. The number of nitrogens with zero attached hydrogens (tertiary/aromatic N) is 1. The normalized spacial score (nSPS) is 28.0. The number of ether oxygens (including phenoxy) is 1. The summed E-state index contributed by atoms with van der Waals surface area (Å²) in [4.78, 5) is 14.7. The van der Waals surface area contributed by atoms with Gasteiger partial charge in [-0.3, -0.25) is 4.79 Å². The molecule has 1 aromatic rings. The van der Waals surface area contributed by atoms with Gasteiger partial charge in [-0.05, 0) is 37.0 Å². The zero-order valence-electron chi connectivity index (χ0n) is 15.6. The minimum Gasteiger partial charge on any atom is -0.384 e. The first kappa shape index (κ1) is 19.6. The highest BCUT2D eigenvalue weighted by molar-refractivity contribution is 6.30. The van der Waals surface area contributed by atoms with Crippen molar-refractivity contribution < 1.29 is 14.6 Å². The number of hydrogen-bond acceptors (Lipinski definition) is 4. The number of piperidine rings is 1. The lowest BCUT2D eigenvalue weighted by molar-refractivity contribution is -0.154. The first-order valence-corrected chi connectivity index (χ1v) is 9.66. The number of hydrogen-bond donors (Lipinski definition) is 2. The Hall–Kier alpha value is -1.14. The second-order valence-electron chi connectivity index (χ2n) is 8.47. The van der Waals surface area contributed by atoms with Crippen molar-refractivity contribution >= 4 is 17.5 Å². The van der Waals surface area contributed by atoms with Crippen molar-refractivity contribution in [2.24, 2.45) is 11.1 Å². The van der Waals surface area contributed by atoms with E-state index in [1.165, 1.54) is 0 Å². The molecule has 2 fully saturated rings. The minimum atomic E-state index is -0.993. The van der Waals surface area contributed by atoms with Crippen molar-refractivity contribution in [3.8, 4) is 0 Å². The predicted molar refractivity (Wildman–Crippen MR) is 102 cm³/mol. The number of nitrogens with two attached hydrogens (primary N) is 1. The summed E-state index contributed by atoms with van der Waals surface area (Å²) >= 11 is 5.98. The van der Waals surface area contributed by atoms with E-state index in [0.717, 1.165) is 5.56 Å². The fraction of sp³-hybridized carbons (Fsp3) is 0.650. The third kappa shape index (κ3) is 3.77. The Bertz CT molecular complexity index is 656. The van der Waals surface area contributed by atoms with Gasteiger partial charge in [-0.15, -0.1) is 0 Å². The Balaban J connectivity index is 1.71. The summed E-state index contributed by atoms with van der Waals surface area (Å²) in [5, 5.41) is 12.1. The van der Waals surface area contributed by atoms with Crippen molar-refractivity contribution in [1.82, 2.24) is 4.90 Å². The minimum absolute atomic E-state index is 0.0700. The van der Waals surface area contributed by atoms with Crippen LogP contribution in [0.4, 0.5) is 0 Å². The predicted octanol–water partition coefficient (Wildman–Crippen LogP) is 2.68. The Morgan fingerprint density at radius 2 is 1.85 bits per heavy atom. The Labute approximate surface area is 160 Å². The van der Waals surface area contributed by atoms with Crippen LogP contribution in [-0.2, 0) is 15.1 Å². The van der Waals surface area contributed by atoms with Crippen LogP contribution in [-0.4, -0.2) is 47.8 Å². The quantitative estimate of drug-likeness (QED) is 0.845. The zero-order chi connectivity index (χ0) is 19.0. The summed E-state index contributed by atoms with van der Waals surface area (Å²) in [5.74, 6) is 0.0700. The molecule has 1 atom stereocenters. The number of halogens is 1. The van der Waals surface area contributed by atoms with E-state index in [1.807, 2.05) is 30.9 Å². The molecule has 0 bridgehead atoms.